The molecule has 0 aliphatic heterocycles. The fourth-order valence-corrected chi connectivity index (χ4v) is 1.91. The van der Waals surface area contributed by atoms with Gasteiger partial charge in [0.05, 0.1) is 17.9 Å². The highest BCUT2D eigenvalue weighted by atomic mass is 16.5. The van der Waals surface area contributed by atoms with E-state index in [2.05, 4.69) is 25.5 Å². The average Bonchev–Trinajstić information content (AvgIpc) is 3.09. The summed E-state index contributed by atoms with van der Waals surface area (Å²) in [6, 6.07) is 12.9. The second-order valence-electron chi connectivity index (χ2n) is 4.76. The molecule has 2 heterocycles. The van der Waals surface area contributed by atoms with Crippen LogP contribution >= 0.6 is 0 Å². The first kappa shape index (κ1) is 14.7. The molecule has 2 N–H and O–H groups in total. The molecule has 3 aromatic rings. The summed E-state index contributed by atoms with van der Waals surface area (Å²) in [6.07, 6.45) is 3.07. The van der Waals surface area contributed by atoms with E-state index in [0.29, 0.717) is 18.8 Å². The molecule has 7 nitrogen and oxygen atoms in total. The van der Waals surface area contributed by atoms with E-state index in [-0.39, 0.29) is 5.91 Å². The molecule has 1 amide bonds. The molecular formula is C16H15N5O2. The molecule has 2 aromatic heterocycles. The van der Waals surface area contributed by atoms with Gasteiger partial charge in [-0.25, -0.2) is 9.97 Å². The van der Waals surface area contributed by atoms with Gasteiger partial charge in [0.1, 0.15) is 24.4 Å². The summed E-state index contributed by atoms with van der Waals surface area (Å²) in [5.74, 6) is 0.489. The van der Waals surface area contributed by atoms with Gasteiger partial charge in [-0.2, -0.15) is 5.10 Å². The first-order valence-corrected chi connectivity index (χ1v) is 7.06. The number of carbonyl (C=O) groups is 1. The smallest absolute Gasteiger partial charge is 0.272 e. The first-order chi connectivity index (χ1) is 11.3. The number of carbonyl (C=O) groups excluding carboxylic acids is 1. The molecule has 7 heteroatoms. The molecule has 23 heavy (non-hydrogen) atoms. The second-order valence-corrected chi connectivity index (χ2v) is 4.76. The monoisotopic (exact) mass is 309 g/mol. The van der Waals surface area contributed by atoms with E-state index >= 15 is 0 Å². The molecule has 1 aromatic carbocycles. The fraction of sp³-hybridized carbons (Fsp3) is 0.125. The average molecular weight is 309 g/mol. The van der Waals surface area contributed by atoms with Crippen molar-refractivity contribution in [3.8, 4) is 5.75 Å². The van der Waals surface area contributed by atoms with Crippen LogP contribution in [0.1, 0.15) is 21.9 Å². The van der Waals surface area contributed by atoms with E-state index in [4.69, 9.17) is 4.74 Å². The van der Waals surface area contributed by atoms with Crippen molar-refractivity contribution in [2.45, 2.75) is 13.2 Å². The van der Waals surface area contributed by atoms with Gasteiger partial charge in [-0.05, 0) is 24.3 Å². The number of benzene rings is 1. The molecule has 0 radical (unpaired) electrons. The Hall–Kier alpha value is -3.22. The SMILES string of the molecule is O=C(NCc1ccncn1)c1cc(COc2ccccc2)[nH]n1. The quantitative estimate of drug-likeness (QED) is 0.723. The predicted molar refractivity (Wildman–Crippen MR) is 82.6 cm³/mol. The number of nitrogens with zero attached hydrogens (tertiary/aromatic N) is 3. The zero-order valence-corrected chi connectivity index (χ0v) is 12.3. The van der Waals surface area contributed by atoms with Crippen LogP contribution in [0, 0.1) is 0 Å². The van der Waals surface area contributed by atoms with Crippen LogP contribution < -0.4 is 10.1 Å². The van der Waals surface area contributed by atoms with Crippen molar-refractivity contribution in [3.05, 3.63) is 72.1 Å². The molecule has 0 spiro atoms. The number of para-hydroxylation sites is 1. The Morgan fingerprint density at radius 1 is 1.22 bits per heavy atom. The van der Waals surface area contributed by atoms with Gasteiger partial charge in [-0.3, -0.25) is 9.89 Å². The van der Waals surface area contributed by atoms with E-state index in [1.165, 1.54) is 6.33 Å². The number of H-pyrrole nitrogens is 1. The topological polar surface area (TPSA) is 92.8 Å². The van der Waals surface area contributed by atoms with Crippen LogP contribution in [0.2, 0.25) is 0 Å². The molecule has 0 saturated carbocycles. The molecule has 0 saturated heterocycles. The van der Waals surface area contributed by atoms with Crippen LogP contribution in [0.15, 0.2) is 55.0 Å². The summed E-state index contributed by atoms with van der Waals surface area (Å²) in [4.78, 5) is 19.9. The zero-order chi connectivity index (χ0) is 15.9. The molecule has 0 unspecified atom stereocenters. The van der Waals surface area contributed by atoms with Gasteiger partial charge in [0, 0.05) is 6.20 Å². The number of aromatic nitrogens is 4. The maximum Gasteiger partial charge on any atom is 0.272 e. The van der Waals surface area contributed by atoms with Crippen LogP contribution in [0.3, 0.4) is 0 Å². The predicted octanol–water partition coefficient (Wildman–Crippen LogP) is 1.71. The standard InChI is InChI=1S/C16H15N5O2/c22-16(18-9-12-6-7-17-11-19-12)15-8-13(20-21-15)10-23-14-4-2-1-3-5-14/h1-8,11H,9-10H2,(H,18,22)(H,20,21). The lowest BCUT2D eigenvalue weighted by atomic mass is 10.3. The van der Waals surface area contributed by atoms with Crippen molar-refractivity contribution in [1.29, 1.82) is 0 Å². The highest BCUT2D eigenvalue weighted by Crippen LogP contribution is 2.11. The van der Waals surface area contributed by atoms with Gasteiger partial charge in [0.25, 0.3) is 5.91 Å². The number of nitrogens with one attached hydrogen (secondary N) is 2. The molecular weight excluding hydrogens is 294 g/mol. The molecule has 0 fully saturated rings. The van der Waals surface area contributed by atoms with E-state index in [1.54, 1.807) is 18.3 Å². The third-order valence-corrected chi connectivity index (χ3v) is 3.07. The first-order valence-electron chi connectivity index (χ1n) is 7.06. The van der Waals surface area contributed by atoms with Gasteiger partial charge in [0.2, 0.25) is 0 Å². The Labute approximate surface area is 132 Å². The Kier molecular flexibility index (Phi) is 4.58. The van der Waals surface area contributed by atoms with Gasteiger partial charge < -0.3 is 10.1 Å². The van der Waals surface area contributed by atoms with Crippen LogP contribution in [-0.2, 0) is 13.2 Å². The highest BCUT2D eigenvalue weighted by Gasteiger charge is 2.10. The molecule has 0 atom stereocenters. The number of hydrogen-bond donors (Lipinski definition) is 2. The van der Waals surface area contributed by atoms with Crippen LogP contribution in [0.5, 0.6) is 5.75 Å². The van der Waals surface area contributed by atoms with Crippen molar-refractivity contribution < 1.29 is 9.53 Å². The summed E-state index contributed by atoms with van der Waals surface area (Å²) >= 11 is 0. The van der Waals surface area contributed by atoms with Crippen LogP contribution in [-0.4, -0.2) is 26.1 Å². The van der Waals surface area contributed by atoms with Crippen molar-refractivity contribution in [2.24, 2.45) is 0 Å². The summed E-state index contributed by atoms with van der Waals surface area (Å²) in [5, 5.41) is 9.53. The van der Waals surface area contributed by atoms with Crippen LogP contribution in [0.4, 0.5) is 0 Å². The highest BCUT2D eigenvalue weighted by molar-refractivity contribution is 5.92. The van der Waals surface area contributed by atoms with Gasteiger partial charge in [-0.15, -0.1) is 0 Å². The molecule has 116 valence electrons. The minimum atomic E-state index is -0.272. The van der Waals surface area contributed by atoms with E-state index in [9.17, 15) is 4.79 Å². The van der Waals surface area contributed by atoms with Gasteiger partial charge >= 0.3 is 0 Å². The summed E-state index contributed by atoms with van der Waals surface area (Å²) in [7, 11) is 0. The number of hydrogen-bond acceptors (Lipinski definition) is 5. The van der Waals surface area contributed by atoms with Crippen molar-refractivity contribution in [3.63, 3.8) is 0 Å². The van der Waals surface area contributed by atoms with Crippen LogP contribution in [0.25, 0.3) is 0 Å². The van der Waals surface area contributed by atoms with Gasteiger partial charge in [0.15, 0.2) is 0 Å². The number of rotatable bonds is 6. The number of aromatic amines is 1. The number of amides is 1. The van der Waals surface area contributed by atoms with Gasteiger partial charge in [-0.1, -0.05) is 18.2 Å². The second kappa shape index (κ2) is 7.17. The van der Waals surface area contributed by atoms with Crippen molar-refractivity contribution >= 4 is 5.91 Å². The van der Waals surface area contributed by atoms with E-state index < -0.39 is 0 Å². The summed E-state index contributed by atoms with van der Waals surface area (Å²) in [5.41, 5.74) is 1.77. The Morgan fingerprint density at radius 2 is 2.09 bits per heavy atom. The summed E-state index contributed by atoms with van der Waals surface area (Å²) in [6.45, 7) is 0.639. The van der Waals surface area contributed by atoms with E-state index in [1.807, 2.05) is 30.3 Å². The lowest BCUT2D eigenvalue weighted by Gasteiger charge is -2.03. The van der Waals surface area contributed by atoms with Crippen molar-refractivity contribution in [2.75, 3.05) is 0 Å². The molecule has 3 rings (SSSR count). The minimum absolute atomic E-state index is 0.272. The third kappa shape index (κ3) is 4.13. The molecule has 0 bridgehead atoms. The Bertz CT molecular complexity index is 758. The summed E-state index contributed by atoms with van der Waals surface area (Å²) < 4.78 is 5.59. The largest absolute Gasteiger partial charge is 0.487 e. The molecule has 0 aliphatic carbocycles. The normalized spacial score (nSPS) is 10.3. The Morgan fingerprint density at radius 3 is 2.87 bits per heavy atom. The fourth-order valence-electron chi connectivity index (χ4n) is 1.91. The van der Waals surface area contributed by atoms with E-state index in [0.717, 1.165) is 17.1 Å². The third-order valence-electron chi connectivity index (χ3n) is 3.07. The zero-order valence-electron chi connectivity index (χ0n) is 12.3. The van der Waals surface area contributed by atoms with Crippen molar-refractivity contribution in [1.82, 2.24) is 25.5 Å². The number of ether oxygens (including phenoxy) is 1. The lowest BCUT2D eigenvalue weighted by Crippen LogP contribution is -2.23. The lowest BCUT2D eigenvalue weighted by molar-refractivity contribution is 0.0945. The Balaban J connectivity index is 1.53. The maximum absolute atomic E-state index is 12.0. The maximum atomic E-state index is 12.0. The molecule has 0 aliphatic rings. The minimum Gasteiger partial charge on any atom is -0.487 e.